The lowest BCUT2D eigenvalue weighted by molar-refractivity contribution is 0.613. The standard InChI is InChI=1S/C20H15FN4/c21-17-9-5-4-8-15(17)13-22-16-10-11-18-19(12-16)23-20(25-24-18)14-6-2-1-3-7-14/h1-12,22H,13H2. The molecule has 0 aliphatic rings. The summed E-state index contributed by atoms with van der Waals surface area (Å²) >= 11 is 0. The van der Waals surface area contributed by atoms with Crippen LogP contribution >= 0.6 is 0 Å². The van der Waals surface area contributed by atoms with Gasteiger partial charge in [0.15, 0.2) is 5.82 Å². The Morgan fingerprint density at radius 3 is 2.44 bits per heavy atom. The van der Waals surface area contributed by atoms with Crippen LogP contribution in [0, 0.1) is 5.82 Å². The van der Waals surface area contributed by atoms with Gasteiger partial charge in [0.1, 0.15) is 11.3 Å². The fourth-order valence-electron chi connectivity index (χ4n) is 2.59. The largest absolute Gasteiger partial charge is 0.381 e. The van der Waals surface area contributed by atoms with Crippen LogP contribution < -0.4 is 5.32 Å². The molecule has 0 amide bonds. The van der Waals surface area contributed by atoms with Crippen molar-refractivity contribution in [3.05, 3.63) is 84.2 Å². The van der Waals surface area contributed by atoms with Crippen LogP contribution in [0.15, 0.2) is 72.8 Å². The van der Waals surface area contributed by atoms with Crippen molar-refractivity contribution in [2.24, 2.45) is 0 Å². The van der Waals surface area contributed by atoms with Crippen molar-refractivity contribution < 1.29 is 4.39 Å². The smallest absolute Gasteiger partial charge is 0.182 e. The molecule has 0 unspecified atom stereocenters. The van der Waals surface area contributed by atoms with Gasteiger partial charge in [-0.3, -0.25) is 0 Å². The van der Waals surface area contributed by atoms with Gasteiger partial charge in [0.05, 0.1) is 5.52 Å². The monoisotopic (exact) mass is 330 g/mol. The quantitative estimate of drug-likeness (QED) is 0.601. The number of halogens is 1. The molecule has 25 heavy (non-hydrogen) atoms. The first-order valence-corrected chi connectivity index (χ1v) is 7.97. The van der Waals surface area contributed by atoms with Gasteiger partial charge in [-0.2, -0.15) is 0 Å². The Morgan fingerprint density at radius 1 is 0.800 bits per heavy atom. The lowest BCUT2D eigenvalue weighted by atomic mass is 10.2. The normalized spacial score (nSPS) is 10.8. The van der Waals surface area contributed by atoms with E-state index in [0.29, 0.717) is 17.9 Å². The van der Waals surface area contributed by atoms with E-state index in [0.717, 1.165) is 22.3 Å². The molecule has 1 N–H and O–H groups in total. The minimum Gasteiger partial charge on any atom is -0.381 e. The molecule has 4 rings (SSSR count). The number of hydrogen-bond donors (Lipinski definition) is 1. The third-order valence-corrected chi connectivity index (χ3v) is 3.93. The van der Waals surface area contributed by atoms with Gasteiger partial charge in [-0.25, -0.2) is 9.37 Å². The van der Waals surface area contributed by atoms with E-state index in [2.05, 4.69) is 20.5 Å². The fraction of sp³-hybridized carbons (Fsp3) is 0.0500. The molecular formula is C20H15FN4. The number of nitrogens with zero attached hydrogens (tertiary/aromatic N) is 3. The van der Waals surface area contributed by atoms with Gasteiger partial charge in [-0.05, 0) is 24.3 Å². The van der Waals surface area contributed by atoms with Crippen LogP contribution in [-0.4, -0.2) is 15.2 Å². The molecule has 4 aromatic rings. The highest BCUT2D eigenvalue weighted by molar-refractivity contribution is 5.79. The predicted molar refractivity (Wildman–Crippen MR) is 96.5 cm³/mol. The van der Waals surface area contributed by atoms with E-state index in [-0.39, 0.29) is 5.82 Å². The molecule has 0 radical (unpaired) electrons. The van der Waals surface area contributed by atoms with Crippen molar-refractivity contribution in [3.8, 4) is 11.4 Å². The summed E-state index contributed by atoms with van der Waals surface area (Å²) in [5.74, 6) is 0.366. The van der Waals surface area contributed by atoms with Gasteiger partial charge in [-0.15, -0.1) is 10.2 Å². The van der Waals surface area contributed by atoms with Gasteiger partial charge < -0.3 is 5.32 Å². The molecule has 0 aliphatic heterocycles. The van der Waals surface area contributed by atoms with E-state index in [1.807, 2.05) is 54.6 Å². The van der Waals surface area contributed by atoms with Crippen LogP contribution in [0.1, 0.15) is 5.56 Å². The predicted octanol–water partition coefficient (Wildman–Crippen LogP) is 4.44. The van der Waals surface area contributed by atoms with Crippen LogP contribution in [0.5, 0.6) is 0 Å². The number of fused-ring (bicyclic) bond motifs is 1. The van der Waals surface area contributed by atoms with E-state index >= 15 is 0 Å². The first-order chi connectivity index (χ1) is 12.3. The summed E-state index contributed by atoms with van der Waals surface area (Å²) in [7, 11) is 0. The maximum absolute atomic E-state index is 13.7. The van der Waals surface area contributed by atoms with Crippen LogP contribution in [0.3, 0.4) is 0 Å². The average Bonchev–Trinajstić information content (AvgIpc) is 2.67. The first kappa shape index (κ1) is 15.2. The number of aromatic nitrogens is 3. The zero-order valence-electron chi connectivity index (χ0n) is 13.4. The van der Waals surface area contributed by atoms with E-state index in [4.69, 9.17) is 0 Å². The highest BCUT2D eigenvalue weighted by atomic mass is 19.1. The molecule has 3 aromatic carbocycles. The number of nitrogens with one attached hydrogen (secondary N) is 1. The Balaban J connectivity index is 1.61. The minimum atomic E-state index is -0.217. The Labute approximate surface area is 144 Å². The summed E-state index contributed by atoms with van der Waals surface area (Å²) < 4.78 is 13.7. The molecule has 0 saturated carbocycles. The van der Waals surface area contributed by atoms with Crippen molar-refractivity contribution in [1.82, 2.24) is 15.2 Å². The Kier molecular flexibility index (Phi) is 4.04. The third kappa shape index (κ3) is 3.30. The number of benzene rings is 3. The average molecular weight is 330 g/mol. The lowest BCUT2D eigenvalue weighted by Crippen LogP contribution is -2.02. The zero-order chi connectivity index (χ0) is 17.1. The van der Waals surface area contributed by atoms with Gasteiger partial charge in [-0.1, -0.05) is 48.5 Å². The van der Waals surface area contributed by atoms with E-state index in [1.54, 1.807) is 12.1 Å². The van der Waals surface area contributed by atoms with E-state index < -0.39 is 0 Å². The zero-order valence-corrected chi connectivity index (χ0v) is 13.4. The molecule has 1 heterocycles. The number of hydrogen-bond acceptors (Lipinski definition) is 4. The number of anilines is 1. The molecule has 0 spiro atoms. The highest BCUT2D eigenvalue weighted by Gasteiger charge is 2.06. The summed E-state index contributed by atoms with van der Waals surface area (Å²) in [6.45, 7) is 0.405. The van der Waals surface area contributed by atoms with Crippen LogP contribution in [0.4, 0.5) is 10.1 Å². The molecule has 5 heteroatoms. The third-order valence-electron chi connectivity index (χ3n) is 3.93. The second-order valence-corrected chi connectivity index (χ2v) is 5.65. The molecule has 0 saturated heterocycles. The molecule has 0 fully saturated rings. The summed E-state index contributed by atoms with van der Waals surface area (Å²) in [6, 6.07) is 22.1. The fourth-order valence-corrected chi connectivity index (χ4v) is 2.59. The van der Waals surface area contributed by atoms with Crippen LogP contribution in [0.2, 0.25) is 0 Å². The summed E-state index contributed by atoms with van der Waals surface area (Å²) in [5.41, 5.74) is 3.86. The Morgan fingerprint density at radius 2 is 1.60 bits per heavy atom. The topological polar surface area (TPSA) is 50.7 Å². The van der Waals surface area contributed by atoms with Gasteiger partial charge in [0, 0.05) is 23.4 Å². The molecule has 0 aliphatic carbocycles. The maximum atomic E-state index is 13.7. The first-order valence-electron chi connectivity index (χ1n) is 7.97. The van der Waals surface area contributed by atoms with Crippen LogP contribution in [-0.2, 0) is 6.54 Å². The van der Waals surface area contributed by atoms with Gasteiger partial charge >= 0.3 is 0 Å². The Hall–Kier alpha value is -3.34. The molecule has 0 bridgehead atoms. The summed E-state index contributed by atoms with van der Waals surface area (Å²) in [6.07, 6.45) is 0. The van der Waals surface area contributed by atoms with Crippen molar-refractivity contribution in [2.45, 2.75) is 6.54 Å². The minimum absolute atomic E-state index is 0.217. The molecule has 1 aromatic heterocycles. The summed E-state index contributed by atoms with van der Waals surface area (Å²) in [5, 5.41) is 11.6. The Bertz CT molecular complexity index is 1020. The van der Waals surface area contributed by atoms with Gasteiger partial charge in [0.25, 0.3) is 0 Å². The molecular weight excluding hydrogens is 315 g/mol. The second kappa shape index (κ2) is 6.65. The second-order valence-electron chi connectivity index (χ2n) is 5.65. The SMILES string of the molecule is Fc1ccccc1CNc1ccc2nnc(-c3ccccc3)nc2c1. The maximum Gasteiger partial charge on any atom is 0.182 e. The highest BCUT2D eigenvalue weighted by Crippen LogP contribution is 2.20. The number of rotatable bonds is 4. The van der Waals surface area contributed by atoms with E-state index in [1.165, 1.54) is 6.07 Å². The van der Waals surface area contributed by atoms with Crippen molar-refractivity contribution in [1.29, 1.82) is 0 Å². The van der Waals surface area contributed by atoms with Gasteiger partial charge in [0.2, 0.25) is 0 Å². The van der Waals surface area contributed by atoms with Crippen molar-refractivity contribution >= 4 is 16.7 Å². The van der Waals surface area contributed by atoms with Crippen molar-refractivity contribution in [2.75, 3.05) is 5.32 Å². The molecule has 4 nitrogen and oxygen atoms in total. The molecule has 122 valence electrons. The van der Waals surface area contributed by atoms with Crippen LogP contribution in [0.25, 0.3) is 22.4 Å². The summed E-state index contributed by atoms with van der Waals surface area (Å²) in [4.78, 5) is 4.59. The lowest BCUT2D eigenvalue weighted by Gasteiger charge is -2.08. The molecule has 0 atom stereocenters. The van der Waals surface area contributed by atoms with E-state index in [9.17, 15) is 4.39 Å². The van der Waals surface area contributed by atoms with Crippen molar-refractivity contribution in [3.63, 3.8) is 0 Å².